The predicted molar refractivity (Wildman–Crippen MR) is 168 cm³/mol. The quantitative estimate of drug-likeness (QED) is 0.141. The Bertz CT molecular complexity index is 823. The van der Waals surface area contributed by atoms with Crippen molar-refractivity contribution in [1.29, 1.82) is 5.41 Å². The molecule has 6 nitrogen and oxygen atoms in total. The van der Waals surface area contributed by atoms with Gasteiger partial charge in [0.25, 0.3) is 0 Å². The highest BCUT2D eigenvalue weighted by Gasteiger charge is 2.16. The summed E-state index contributed by atoms with van der Waals surface area (Å²) in [4.78, 5) is 7.20. The number of para-hydroxylation sites is 1. The Morgan fingerprint density at radius 1 is 0.711 bits per heavy atom. The van der Waals surface area contributed by atoms with Crippen LogP contribution in [0.15, 0.2) is 60.7 Å². The van der Waals surface area contributed by atoms with Crippen molar-refractivity contribution in [2.75, 3.05) is 52.4 Å². The lowest BCUT2D eigenvalue weighted by molar-refractivity contribution is 0.128. The minimum atomic E-state index is 0. The number of benzene rings is 2. The molecule has 0 atom stereocenters. The van der Waals surface area contributed by atoms with Crippen molar-refractivity contribution in [1.82, 2.24) is 14.7 Å². The van der Waals surface area contributed by atoms with E-state index >= 15 is 0 Å². The standard InChI is InChI=1S/C29H45N5O.3ClH/c30-29(31)34(26-27-14-6-4-7-15-27)20-12-11-19-33-23-21-32(22-24-33)18-10-2-1-3-13-25-35-28-16-8-5-9-17-28;;;/h4-9,14-17H,1-3,10-13,18-26H2,(H3,30,31);3*1H. The van der Waals surface area contributed by atoms with Gasteiger partial charge in [0.2, 0.25) is 0 Å². The van der Waals surface area contributed by atoms with Crippen LogP contribution in [0.25, 0.3) is 0 Å². The molecular formula is C29H48Cl3N5O. The Morgan fingerprint density at radius 2 is 1.21 bits per heavy atom. The van der Waals surface area contributed by atoms with E-state index in [0.29, 0.717) is 0 Å². The molecule has 216 valence electrons. The smallest absolute Gasteiger partial charge is 0.188 e. The second kappa shape index (κ2) is 22.2. The van der Waals surface area contributed by atoms with Gasteiger partial charge in [0, 0.05) is 39.3 Å². The highest BCUT2D eigenvalue weighted by Crippen LogP contribution is 2.11. The zero-order chi connectivity index (χ0) is 24.6. The van der Waals surface area contributed by atoms with Crippen molar-refractivity contribution in [2.45, 2.75) is 51.5 Å². The molecule has 0 spiro atoms. The van der Waals surface area contributed by atoms with Gasteiger partial charge in [-0.15, -0.1) is 37.2 Å². The number of unbranched alkanes of at least 4 members (excludes halogenated alkanes) is 5. The summed E-state index contributed by atoms with van der Waals surface area (Å²) in [6.45, 7) is 9.52. The van der Waals surface area contributed by atoms with E-state index in [-0.39, 0.29) is 43.2 Å². The summed E-state index contributed by atoms with van der Waals surface area (Å²) in [5.74, 6) is 1.15. The molecule has 0 amide bonds. The fourth-order valence-electron chi connectivity index (χ4n) is 4.64. The van der Waals surface area contributed by atoms with E-state index in [9.17, 15) is 0 Å². The number of nitrogens with zero attached hydrogens (tertiary/aromatic N) is 3. The van der Waals surface area contributed by atoms with Crippen LogP contribution in [0.2, 0.25) is 0 Å². The number of guanidine groups is 1. The summed E-state index contributed by atoms with van der Waals surface area (Å²) in [5.41, 5.74) is 7.02. The average Bonchev–Trinajstić information content (AvgIpc) is 2.89. The van der Waals surface area contributed by atoms with E-state index in [1.807, 2.05) is 53.4 Å². The monoisotopic (exact) mass is 587 g/mol. The lowest BCUT2D eigenvalue weighted by Gasteiger charge is -2.34. The molecule has 2 aromatic carbocycles. The van der Waals surface area contributed by atoms with Gasteiger partial charge in [-0.1, -0.05) is 67.8 Å². The predicted octanol–water partition coefficient (Wildman–Crippen LogP) is 6.07. The van der Waals surface area contributed by atoms with E-state index in [1.165, 1.54) is 64.0 Å². The minimum Gasteiger partial charge on any atom is -0.494 e. The van der Waals surface area contributed by atoms with E-state index in [1.54, 1.807) is 0 Å². The SMILES string of the molecule is Cl.Cl.Cl.N=C(N)N(CCCCN1CCN(CCCCCCCOc2ccccc2)CC1)Cc1ccccc1. The molecule has 0 aromatic heterocycles. The molecule has 0 unspecified atom stereocenters. The Balaban J connectivity index is 0.00000456. The topological polar surface area (TPSA) is 68.8 Å². The van der Waals surface area contributed by atoms with Gasteiger partial charge in [-0.2, -0.15) is 0 Å². The van der Waals surface area contributed by atoms with Crippen LogP contribution in [0, 0.1) is 5.41 Å². The Hall–Kier alpha value is -1.70. The van der Waals surface area contributed by atoms with Gasteiger partial charge in [0.15, 0.2) is 5.96 Å². The fraction of sp³-hybridized carbons (Fsp3) is 0.552. The van der Waals surface area contributed by atoms with Crippen LogP contribution < -0.4 is 10.5 Å². The molecule has 0 saturated carbocycles. The third kappa shape index (κ3) is 15.0. The highest BCUT2D eigenvalue weighted by molar-refractivity contribution is 5.86. The van der Waals surface area contributed by atoms with Crippen LogP contribution in [0.5, 0.6) is 5.75 Å². The number of piperazine rings is 1. The first-order valence-electron chi connectivity index (χ1n) is 13.5. The summed E-state index contributed by atoms with van der Waals surface area (Å²) in [5, 5.41) is 7.88. The van der Waals surface area contributed by atoms with Crippen LogP contribution in [-0.4, -0.2) is 73.1 Å². The summed E-state index contributed by atoms with van der Waals surface area (Å²) >= 11 is 0. The van der Waals surface area contributed by atoms with Crippen LogP contribution in [0.4, 0.5) is 0 Å². The van der Waals surface area contributed by atoms with E-state index < -0.39 is 0 Å². The Morgan fingerprint density at radius 3 is 1.79 bits per heavy atom. The Labute approximate surface area is 249 Å². The molecule has 1 saturated heterocycles. The molecule has 1 fully saturated rings. The molecule has 0 aliphatic carbocycles. The van der Waals surface area contributed by atoms with Gasteiger partial charge in [-0.3, -0.25) is 5.41 Å². The summed E-state index contributed by atoms with van der Waals surface area (Å²) in [6, 6.07) is 20.4. The average molecular weight is 589 g/mol. The molecule has 0 bridgehead atoms. The van der Waals surface area contributed by atoms with E-state index in [4.69, 9.17) is 15.9 Å². The number of nitrogens with one attached hydrogen (secondary N) is 1. The van der Waals surface area contributed by atoms with Crippen LogP contribution in [0.3, 0.4) is 0 Å². The Kier molecular flexibility index (Phi) is 21.2. The third-order valence-electron chi connectivity index (χ3n) is 6.80. The maximum absolute atomic E-state index is 7.88. The molecule has 9 heteroatoms. The number of nitrogens with two attached hydrogens (primary N) is 1. The zero-order valence-electron chi connectivity index (χ0n) is 22.6. The molecular weight excluding hydrogens is 541 g/mol. The van der Waals surface area contributed by atoms with Crippen LogP contribution in [0.1, 0.15) is 50.5 Å². The first kappa shape index (κ1) is 36.3. The summed E-state index contributed by atoms with van der Waals surface area (Å²) in [6.07, 6.45) is 8.56. The first-order chi connectivity index (χ1) is 17.2. The van der Waals surface area contributed by atoms with Crippen LogP contribution in [-0.2, 0) is 6.54 Å². The van der Waals surface area contributed by atoms with Crippen molar-refractivity contribution < 1.29 is 4.74 Å². The molecule has 3 rings (SSSR count). The normalized spacial score (nSPS) is 13.5. The minimum absolute atomic E-state index is 0. The second-order valence-corrected chi connectivity index (χ2v) is 9.61. The number of rotatable bonds is 16. The molecule has 2 aromatic rings. The number of hydrogen-bond donors (Lipinski definition) is 2. The highest BCUT2D eigenvalue weighted by atomic mass is 35.5. The maximum atomic E-state index is 7.88. The van der Waals surface area contributed by atoms with Crippen molar-refractivity contribution >= 4 is 43.2 Å². The van der Waals surface area contributed by atoms with Gasteiger partial charge in [-0.05, 0) is 56.5 Å². The third-order valence-corrected chi connectivity index (χ3v) is 6.80. The van der Waals surface area contributed by atoms with Gasteiger partial charge >= 0.3 is 0 Å². The van der Waals surface area contributed by atoms with Crippen molar-refractivity contribution in [3.05, 3.63) is 66.2 Å². The van der Waals surface area contributed by atoms with Crippen molar-refractivity contribution in [3.63, 3.8) is 0 Å². The molecule has 0 radical (unpaired) electrons. The number of ether oxygens (including phenoxy) is 1. The van der Waals surface area contributed by atoms with Crippen LogP contribution >= 0.6 is 37.2 Å². The lowest BCUT2D eigenvalue weighted by atomic mass is 10.1. The molecule has 3 N–H and O–H groups in total. The number of hydrogen-bond acceptors (Lipinski definition) is 4. The largest absolute Gasteiger partial charge is 0.494 e. The maximum Gasteiger partial charge on any atom is 0.188 e. The molecule has 1 heterocycles. The van der Waals surface area contributed by atoms with Gasteiger partial charge in [-0.25, -0.2) is 0 Å². The van der Waals surface area contributed by atoms with Gasteiger partial charge in [0.05, 0.1) is 6.61 Å². The first-order valence-corrected chi connectivity index (χ1v) is 13.5. The van der Waals surface area contributed by atoms with E-state index in [0.717, 1.165) is 51.3 Å². The van der Waals surface area contributed by atoms with Crippen molar-refractivity contribution in [2.24, 2.45) is 5.73 Å². The summed E-state index contributed by atoms with van der Waals surface area (Å²) in [7, 11) is 0. The molecule has 38 heavy (non-hydrogen) atoms. The second-order valence-electron chi connectivity index (χ2n) is 9.61. The zero-order valence-corrected chi connectivity index (χ0v) is 25.1. The fourth-order valence-corrected chi connectivity index (χ4v) is 4.64. The summed E-state index contributed by atoms with van der Waals surface area (Å²) < 4.78 is 5.77. The van der Waals surface area contributed by atoms with E-state index in [2.05, 4.69) is 21.9 Å². The molecule has 1 aliphatic heterocycles. The number of halogens is 3. The lowest BCUT2D eigenvalue weighted by Crippen LogP contribution is -2.46. The van der Waals surface area contributed by atoms with Gasteiger partial charge < -0.3 is 25.2 Å². The molecule has 1 aliphatic rings. The van der Waals surface area contributed by atoms with Gasteiger partial charge in [0.1, 0.15) is 5.75 Å². The van der Waals surface area contributed by atoms with Crippen molar-refractivity contribution in [3.8, 4) is 5.75 Å².